The maximum atomic E-state index is 10.7. The van der Waals surface area contributed by atoms with Crippen molar-refractivity contribution in [2.24, 2.45) is 5.92 Å². The number of phenolic OH excluding ortho intramolecular Hbond substituents is 1. The molecule has 3 unspecified atom stereocenters. The van der Waals surface area contributed by atoms with E-state index in [0.29, 0.717) is 17.6 Å². The number of hydrogen-bond acceptors (Lipinski definition) is 2. The van der Waals surface area contributed by atoms with Crippen molar-refractivity contribution in [3.63, 3.8) is 0 Å². The summed E-state index contributed by atoms with van der Waals surface area (Å²) in [6, 6.07) is 4.19. The van der Waals surface area contributed by atoms with E-state index in [1.54, 1.807) is 0 Å². The molecular formula is C23H34O2. The summed E-state index contributed by atoms with van der Waals surface area (Å²) in [5, 5.41) is 10.7. The van der Waals surface area contributed by atoms with Gasteiger partial charge in [0.05, 0.1) is 0 Å². The van der Waals surface area contributed by atoms with Gasteiger partial charge in [0.15, 0.2) is 0 Å². The molecule has 0 spiro atoms. The molecule has 25 heavy (non-hydrogen) atoms. The van der Waals surface area contributed by atoms with Crippen molar-refractivity contribution < 1.29 is 9.84 Å². The van der Waals surface area contributed by atoms with Crippen LogP contribution in [0.25, 0.3) is 0 Å². The van der Waals surface area contributed by atoms with Gasteiger partial charge >= 0.3 is 0 Å². The molecule has 0 saturated carbocycles. The molecule has 2 aliphatic rings. The van der Waals surface area contributed by atoms with Gasteiger partial charge in [-0.1, -0.05) is 53.4 Å². The number of hydrogen-bond donors (Lipinski definition) is 1. The zero-order valence-corrected chi connectivity index (χ0v) is 16.4. The molecule has 0 bridgehead atoms. The highest BCUT2D eigenvalue weighted by Gasteiger charge is 2.31. The molecular weight excluding hydrogens is 308 g/mol. The highest BCUT2D eigenvalue weighted by atomic mass is 16.5. The molecule has 1 aromatic rings. The lowest BCUT2D eigenvalue weighted by Crippen LogP contribution is -2.18. The van der Waals surface area contributed by atoms with E-state index in [2.05, 4.69) is 33.8 Å². The van der Waals surface area contributed by atoms with Crippen molar-refractivity contribution >= 4 is 0 Å². The molecule has 1 aliphatic carbocycles. The van der Waals surface area contributed by atoms with E-state index in [9.17, 15) is 5.11 Å². The molecule has 2 nitrogen and oxygen atoms in total. The number of allylic oxidation sites excluding steroid dienone is 2. The summed E-state index contributed by atoms with van der Waals surface area (Å²) < 4.78 is 6.28. The summed E-state index contributed by atoms with van der Waals surface area (Å²) in [7, 11) is 0. The molecule has 2 heteroatoms. The van der Waals surface area contributed by atoms with Gasteiger partial charge in [-0.15, -0.1) is 0 Å². The molecule has 0 fully saturated rings. The number of fused-ring (bicyclic) bond motifs is 1. The Balaban J connectivity index is 1.83. The Bertz CT molecular complexity index is 644. The molecule has 3 atom stereocenters. The first-order valence-corrected chi connectivity index (χ1v) is 10.3. The van der Waals surface area contributed by atoms with Gasteiger partial charge < -0.3 is 9.84 Å². The van der Waals surface area contributed by atoms with Crippen LogP contribution in [0.3, 0.4) is 0 Å². The van der Waals surface area contributed by atoms with Gasteiger partial charge in [0.2, 0.25) is 0 Å². The van der Waals surface area contributed by atoms with Gasteiger partial charge in [-0.05, 0) is 54.4 Å². The van der Waals surface area contributed by atoms with E-state index >= 15 is 0 Å². The number of rotatable bonds is 6. The van der Waals surface area contributed by atoms with Gasteiger partial charge in [-0.2, -0.15) is 0 Å². The summed E-state index contributed by atoms with van der Waals surface area (Å²) >= 11 is 0. The Morgan fingerprint density at radius 3 is 2.68 bits per heavy atom. The lowest BCUT2D eigenvalue weighted by atomic mass is 9.80. The second kappa shape index (κ2) is 7.85. The number of phenols is 1. The third-order valence-corrected chi connectivity index (χ3v) is 6.43. The van der Waals surface area contributed by atoms with Crippen LogP contribution in [-0.2, 0) is 0 Å². The highest BCUT2D eigenvalue weighted by Crippen LogP contribution is 2.49. The molecule has 1 aliphatic heterocycles. The fourth-order valence-electron chi connectivity index (χ4n) is 4.49. The SMILES string of the molecule is CCCCCC(C)C(C)c1cc(O)c2c(c1)OC1=C(CCCC1)C2C. The number of ether oxygens (including phenoxy) is 1. The van der Waals surface area contributed by atoms with E-state index in [1.165, 1.54) is 55.4 Å². The van der Waals surface area contributed by atoms with Crippen molar-refractivity contribution in [1.29, 1.82) is 0 Å². The predicted octanol–water partition coefficient (Wildman–Crippen LogP) is 7.04. The first-order chi connectivity index (χ1) is 12.0. The molecule has 0 radical (unpaired) electrons. The van der Waals surface area contributed by atoms with Crippen LogP contribution in [0.4, 0.5) is 0 Å². The normalized spacial score (nSPS) is 22.0. The minimum atomic E-state index is 0.283. The molecule has 3 rings (SSSR count). The minimum absolute atomic E-state index is 0.283. The van der Waals surface area contributed by atoms with Crippen LogP contribution in [0.2, 0.25) is 0 Å². The molecule has 1 aromatic carbocycles. The Hall–Kier alpha value is -1.44. The minimum Gasteiger partial charge on any atom is -0.507 e. The van der Waals surface area contributed by atoms with Crippen LogP contribution in [-0.4, -0.2) is 5.11 Å². The number of aromatic hydroxyl groups is 1. The van der Waals surface area contributed by atoms with Crippen molar-refractivity contribution in [2.45, 2.75) is 90.9 Å². The van der Waals surface area contributed by atoms with Gasteiger partial charge in [-0.3, -0.25) is 0 Å². The first kappa shape index (κ1) is 18.4. The lowest BCUT2D eigenvalue weighted by molar-refractivity contribution is 0.338. The van der Waals surface area contributed by atoms with Crippen LogP contribution in [0.15, 0.2) is 23.5 Å². The lowest BCUT2D eigenvalue weighted by Gasteiger charge is -2.33. The first-order valence-electron chi connectivity index (χ1n) is 10.3. The molecule has 138 valence electrons. The van der Waals surface area contributed by atoms with Crippen LogP contribution >= 0.6 is 0 Å². The van der Waals surface area contributed by atoms with E-state index in [1.807, 2.05) is 6.07 Å². The molecule has 0 saturated heterocycles. The van der Waals surface area contributed by atoms with E-state index in [-0.39, 0.29) is 5.92 Å². The zero-order valence-electron chi connectivity index (χ0n) is 16.4. The van der Waals surface area contributed by atoms with Crippen LogP contribution in [0.1, 0.15) is 102 Å². The van der Waals surface area contributed by atoms with E-state index in [0.717, 1.165) is 24.2 Å². The van der Waals surface area contributed by atoms with Gasteiger partial charge in [0.1, 0.15) is 17.3 Å². The van der Waals surface area contributed by atoms with Gasteiger partial charge in [0.25, 0.3) is 0 Å². The van der Waals surface area contributed by atoms with Crippen LogP contribution < -0.4 is 4.74 Å². The Labute approximate surface area is 153 Å². The fourth-order valence-corrected chi connectivity index (χ4v) is 4.49. The van der Waals surface area contributed by atoms with Gasteiger partial charge in [0, 0.05) is 17.9 Å². The molecule has 1 heterocycles. The molecule has 1 N–H and O–H groups in total. The number of unbranched alkanes of at least 4 members (excludes halogenated alkanes) is 2. The monoisotopic (exact) mass is 342 g/mol. The second-order valence-corrected chi connectivity index (χ2v) is 8.19. The standard InChI is InChI=1S/C23H34O2/c1-5-6-7-10-15(2)16(3)18-13-20(24)23-17(4)19-11-8-9-12-21(19)25-22(23)14-18/h13-17,24H,5-12H2,1-4H3. The maximum Gasteiger partial charge on any atom is 0.134 e. The quantitative estimate of drug-likeness (QED) is 0.562. The van der Waals surface area contributed by atoms with Crippen molar-refractivity contribution in [1.82, 2.24) is 0 Å². The zero-order chi connectivity index (χ0) is 18.0. The predicted molar refractivity (Wildman–Crippen MR) is 104 cm³/mol. The van der Waals surface area contributed by atoms with E-state index < -0.39 is 0 Å². The van der Waals surface area contributed by atoms with Gasteiger partial charge in [-0.25, -0.2) is 0 Å². The van der Waals surface area contributed by atoms with Crippen LogP contribution in [0.5, 0.6) is 11.5 Å². The Morgan fingerprint density at radius 1 is 1.16 bits per heavy atom. The topological polar surface area (TPSA) is 29.5 Å². The maximum absolute atomic E-state index is 10.7. The highest BCUT2D eigenvalue weighted by molar-refractivity contribution is 5.55. The Morgan fingerprint density at radius 2 is 1.92 bits per heavy atom. The Kier molecular flexibility index (Phi) is 5.76. The number of benzene rings is 1. The summed E-state index contributed by atoms with van der Waals surface area (Å²) in [6.45, 7) is 9.10. The average molecular weight is 343 g/mol. The summed E-state index contributed by atoms with van der Waals surface area (Å²) in [5.74, 6) is 3.83. The van der Waals surface area contributed by atoms with Crippen molar-refractivity contribution in [2.75, 3.05) is 0 Å². The van der Waals surface area contributed by atoms with E-state index in [4.69, 9.17) is 4.74 Å². The smallest absolute Gasteiger partial charge is 0.134 e. The second-order valence-electron chi connectivity index (χ2n) is 8.19. The van der Waals surface area contributed by atoms with Crippen molar-refractivity contribution in [3.8, 4) is 11.5 Å². The van der Waals surface area contributed by atoms with Crippen molar-refractivity contribution in [3.05, 3.63) is 34.6 Å². The van der Waals surface area contributed by atoms with Crippen LogP contribution in [0, 0.1) is 5.92 Å². The largest absolute Gasteiger partial charge is 0.507 e. The molecule has 0 amide bonds. The summed E-state index contributed by atoms with van der Waals surface area (Å²) in [6.07, 6.45) is 9.75. The average Bonchev–Trinajstić information content (AvgIpc) is 2.60. The third-order valence-electron chi connectivity index (χ3n) is 6.43. The molecule has 0 aromatic heterocycles. The fraction of sp³-hybridized carbons (Fsp3) is 0.652. The summed E-state index contributed by atoms with van der Waals surface area (Å²) in [4.78, 5) is 0. The summed E-state index contributed by atoms with van der Waals surface area (Å²) in [5.41, 5.74) is 3.62. The third kappa shape index (κ3) is 3.73.